The van der Waals surface area contributed by atoms with Crippen LogP contribution in [0.25, 0.3) is 0 Å². The van der Waals surface area contributed by atoms with E-state index in [-0.39, 0.29) is 16.1 Å². The van der Waals surface area contributed by atoms with Crippen molar-refractivity contribution in [1.29, 1.82) is 0 Å². The highest BCUT2D eigenvalue weighted by molar-refractivity contribution is 5.42. The molecule has 5 atom stereocenters. The second-order valence-electron chi connectivity index (χ2n) is 7.61. The fourth-order valence-corrected chi connectivity index (χ4v) is 5.77. The van der Waals surface area contributed by atoms with Gasteiger partial charge in [-0.1, -0.05) is 6.07 Å². The maximum absolute atomic E-state index is 12.8. The van der Waals surface area contributed by atoms with E-state index in [0.717, 1.165) is 18.7 Å². The van der Waals surface area contributed by atoms with E-state index in [4.69, 9.17) is 4.74 Å². The van der Waals surface area contributed by atoms with Gasteiger partial charge in [0.1, 0.15) is 5.75 Å². The lowest BCUT2D eigenvalue weighted by Gasteiger charge is -2.43. The van der Waals surface area contributed by atoms with Crippen molar-refractivity contribution < 1.29 is 9.38 Å². The topological polar surface area (TPSA) is 32.3 Å². The first-order chi connectivity index (χ1) is 9.98. The van der Waals surface area contributed by atoms with Crippen molar-refractivity contribution >= 4 is 0 Å². The third-order valence-electron chi connectivity index (χ3n) is 6.84. The van der Waals surface area contributed by atoms with Gasteiger partial charge in [0.05, 0.1) is 26.7 Å². The molecule has 0 radical (unpaired) electrons. The van der Waals surface area contributed by atoms with E-state index in [1.807, 2.05) is 7.05 Å². The molecule has 3 heteroatoms. The van der Waals surface area contributed by atoms with Crippen molar-refractivity contribution in [2.24, 2.45) is 11.3 Å². The fourth-order valence-electron chi connectivity index (χ4n) is 5.77. The van der Waals surface area contributed by atoms with E-state index in [9.17, 15) is 5.21 Å². The van der Waals surface area contributed by atoms with Gasteiger partial charge in [0.2, 0.25) is 0 Å². The summed E-state index contributed by atoms with van der Waals surface area (Å²) in [6, 6.07) is 6.82. The number of quaternary nitrogens is 1. The summed E-state index contributed by atoms with van der Waals surface area (Å²) < 4.78 is 5.34. The lowest BCUT2D eigenvalue weighted by Crippen LogP contribution is -2.44. The maximum atomic E-state index is 12.8. The number of nitrogens with zero attached hydrogens (tertiary/aromatic N) is 1. The standard InChI is InChI=1S/C18H25NO2/c1-12-16-6-7-17-15-5-4-14(21-3)10-13(15)8-9-18(16,17)11-19(12,2)20/h4-5,10,12,16-17H,6-9,11H2,1-3H3/t12-,16-,17+,18+,19?/m1/s1. The van der Waals surface area contributed by atoms with Crippen LogP contribution in [0, 0.1) is 16.5 Å². The van der Waals surface area contributed by atoms with Crippen LogP contribution in [0.4, 0.5) is 0 Å². The third kappa shape index (κ3) is 1.68. The van der Waals surface area contributed by atoms with Crippen molar-refractivity contribution in [1.82, 2.24) is 0 Å². The minimum absolute atomic E-state index is 0.0351. The Morgan fingerprint density at radius 1 is 1.33 bits per heavy atom. The zero-order valence-electron chi connectivity index (χ0n) is 13.3. The van der Waals surface area contributed by atoms with Crippen molar-refractivity contribution in [3.63, 3.8) is 0 Å². The Morgan fingerprint density at radius 3 is 2.90 bits per heavy atom. The van der Waals surface area contributed by atoms with Crippen LogP contribution >= 0.6 is 0 Å². The molecule has 1 spiro atoms. The van der Waals surface area contributed by atoms with Gasteiger partial charge in [0.25, 0.3) is 0 Å². The molecule has 114 valence electrons. The SMILES string of the molecule is COc1ccc2c(c1)CC[C@]13C[N+](C)([O-])[C@H](C)[C@H]1CC[C@@H]23. The molecule has 0 aromatic heterocycles. The van der Waals surface area contributed by atoms with Gasteiger partial charge < -0.3 is 14.6 Å². The minimum atomic E-state index is -0.0351. The molecule has 1 saturated heterocycles. The Morgan fingerprint density at radius 2 is 2.14 bits per heavy atom. The van der Waals surface area contributed by atoms with E-state index < -0.39 is 0 Å². The molecule has 1 heterocycles. The number of likely N-dealkylation sites (tertiary alicyclic amines) is 1. The molecule has 0 bridgehead atoms. The average molecular weight is 287 g/mol. The van der Waals surface area contributed by atoms with E-state index in [1.54, 1.807) is 7.11 Å². The van der Waals surface area contributed by atoms with E-state index in [0.29, 0.717) is 11.8 Å². The molecule has 2 fully saturated rings. The first-order valence-corrected chi connectivity index (χ1v) is 8.21. The molecule has 3 aliphatic rings. The van der Waals surface area contributed by atoms with Gasteiger partial charge in [-0.25, -0.2) is 0 Å². The van der Waals surface area contributed by atoms with Crippen LogP contribution in [0.5, 0.6) is 5.75 Å². The Hall–Kier alpha value is -1.06. The molecule has 1 aromatic carbocycles. The van der Waals surface area contributed by atoms with Gasteiger partial charge in [0, 0.05) is 11.3 Å². The van der Waals surface area contributed by atoms with Crippen molar-refractivity contribution in [2.75, 3.05) is 20.7 Å². The Kier molecular flexibility index (Phi) is 2.74. The lowest BCUT2D eigenvalue weighted by atomic mass is 9.63. The first kappa shape index (κ1) is 13.6. The summed E-state index contributed by atoms with van der Waals surface area (Å²) in [4.78, 5) is 0. The summed E-state index contributed by atoms with van der Waals surface area (Å²) in [5.41, 5.74) is 3.21. The van der Waals surface area contributed by atoms with Gasteiger partial charge in [-0.3, -0.25) is 0 Å². The maximum Gasteiger partial charge on any atom is 0.119 e. The summed E-state index contributed by atoms with van der Waals surface area (Å²) in [6.07, 6.45) is 4.77. The van der Waals surface area contributed by atoms with Crippen LogP contribution in [0.3, 0.4) is 0 Å². The minimum Gasteiger partial charge on any atom is -0.633 e. The Bertz CT molecular complexity index is 583. The molecule has 1 aliphatic heterocycles. The highest BCUT2D eigenvalue weighted by Gasteiger charge is 2.63. The Balaban J connectivity index is 1.78. The zero-order chi connectivity index (χ0) is 14.8. The smallest absolute Gasteiger partial charge is 0.119 e. The number of aryl methyl sites for hydroxylation is 1. The van der Waals surface area contributed by atoms with Gasteiger partial charge in [-0.2, -0.15) is 0 Å². The number of rotatable bonds is 1. The van der Waals surface area contributed by atoms with Gasteiger partial charge in [-0.05, 0) is 61.8 Å². The second kappa shape index (κ2) is 4.23. The summed E-state index contributed by atoms with van der Waals surface area (Å²) in [6.45, 7) is 2.99. The normalized spacial score (nSPS) is 44.1. The van der Waals surface area contributed by atoms with E-state index in [1.165, 1.54) is 30.4 Å². The number of fused-ring (bicyclic) bond motifs is 2. The summed E-state index contributed by atoms with van der Waals surface area (Å²) >= 11 is 0. The molecular weight excluding hydrogens is 262 g/mol. The number of hydrogen-bond acceptors (Lipinski definition) is 2. The fraction of sp³-hybridized carbons (Fsp3) is 0.667. The molecule has 3 nitrogen and oxygen atoms in total. The lowest BCUT2D eigenvalue weighted by molar-refractivity contribution is -0.875. The third-order valence-corrected chi connectivity index (χ3v) is 6.84. The molecule has 2 aliphatic carbocycles. The number of benzene rings is 1. The molecule has 0 N–H and O–H groups in total. The van der Waals surface area contributed by atoms with Crippen LogP contribution < -0.4 is 4.74 Å². The van der Waals surface area contributed by atoms with Crippen LogP contribution in [0.1, 0.15) is 43.2 Å². The van der Waals surface area contributed by atoms with Crippen molar-refractivity contribution in [2.45, 2.75) is 44.6 Å². The zero-order valence-corrected chi connectivity index (χ0v) is 13.3. The van der Waals surface area contributed by atoms with Crippen molar-refractivity contribution in [3.05, 3.63) is 34.5 Å². The number of hydroxylamine groups is 3. The Labute approximate surface area is 127 Å². The summed E-state index contributed by atoms with van der Waals surface area (Å²) in [5, 5.41) is 12.8. The largest absolute Gasteiger partial charge is 0.633 e. The number of ether oxygens (including phenoxy) is 1. The van der Waals surface area contributed by atoms with Gasteiger partial charge in [-0.15, -0.1) is 0 Å². The molecule has 1 aromatic rings. The van der Waals surface area contributed by atoms with E-state index in [2.05, 4.69) is 25.1 Å². The number of hydrogen-bond donors (Lipinski definition) is 0. The first-order valence-electron chi connectivity index (χ1n) is 8.21. The predicted octanol–water partition coefficient (Wildman–Crippen LogP) is 3.47. The molecule has 1 unspecified atom stereocenters. The summed E-state index contributed by atoms with van der Waals surface area (Å²) in [7, 11) is 3.62. The van der Waals surface area contributed by atoms with Gasteiger partial charge >= 0.3 is 0 Å². The highest BCUT2D eigenvalue weighted by atomic mass is 16.5. The highest BCUT2D eigenvalue weighted by Crippen LogP contribution is 2.64. The molecule has 1 saturated carbocycles. The number of methoxy groups -OCH3 is 1. The second-order valence-corrected chi connectivity index (χ2v) is 7.61. The summed E-state index contributed by atoms with van der Waals surface area (Å²) in [5.74, 6) is 2.16. The van der Waals surface area contributed by atoms with Gasteiger partial charge in [0.15, 0.2) is 0 Å². The van der Waals surface area contributed by atoms with E-state index >= 15 is 0 Å². The molecule has 21 heavy (non-hydrogen) atoms. The monoisotopic (exact) mass is 287 g/mol. The predicted molar refractivity (Wildman–Crippen MR) is 83.1 cm³/mol. The molecule has 0 amide bonds. The van der Waals surface area contributed by atoms with Crippen LogP contribution in [0.2, 0.25) is 0 Å². The van der Waals surface area contributed by atoms with Crippen LogP contribution in [0.15, 0.2) is 18.2 Å². The molecule has 4 rings (SSSR count). The van der Waals surface area contributed by atoms with Crippen LogP contribution in [-0.2, 0) is 6.42 Å². The van der Waals surface area contributed by atoms with Crippen molar-refractivity contribution in [3.8, 4) is 5.75 Å². The quantitative estimate of drug-likeness (QED) is 0.585. The average Bonchev–Trinajstić information content (AvgIpc) is 2.91. The molecular formula is C18H25NO2. The van der Waals surface area contributed by atoms with Crippen LogP contribution in [-0.4, -0.2) is 31.4 Å².